The molecule has 1 N–H and O–H groups in total. The maximum atomic E-state index is 13.4. The molecule has 0 aromatic carbocycles. The number of carbonyl (C=O) groups is 1. The Morgan fingerprint density at radius 1 is 1.56 bits per heavy atom. The first-order valence-electron chi connectivity index (χ1n) is 5.64. The summed E-state index contributed by atoms with van der Waals surface area (Å²) in [6.07, 6.45) is 0.151. The predicted octanol–water partition coefficient (Wildman–Crippen LogP) is 1.16. The molecule has 0 heterocycles. The molecule has 1 aliphatic carbocycles. The van der Waals surface area contributed by atoms with Crippen molar-refractivity contribution in [1.29, 1.82) is 0 Å². The Morgan fingerprint density at radius 3 is 2.50 bits per heavy atom. The Labute approximate surface area is 105 Å². The summed E-state index contributed by atoms with van der Waals surface area (Å²) < 4.78 is 51.1. The van der Waals surface area contributed by atoms with Crippen molar-refractivity contribution in [3.63, 3.8) is 0 Å². The molecule has 0 aromatic rings. The first kappa shape index (κ1) is 15.3. The fraction of sp³-hybridized carbons (Fsp3) is 0.900. The van der Waals surface area contributed by atoms with E-state index in [9.17, 15) is 22.0 Å². The summed E-state index contributed by atoms with van der Waals surface area (Å²) in [5.41, 5.74) is 0. The molecule has 0 bridgehead atoms. The summed E-state index contributed by atoms with van der Waals surface area (Å²) >= 11 is 0. The maximum Gasteiger partial charge on any atom is 0.321 e. The van der Waals surface area contributed by atoms with Gasteiger partial charge in [-0.25, -0.2) is 17.2 Å². The van der Waals surface area contributed by atoms with Gasteiger partial charge in [0.2, 0.25) is 10.0 Å². The van der Waals surface area contributed by atoms with Crippen LogP contribution in [0.3, 0.4) is 0 Å². The van der Waals surface area contributed by atoms with E-state index in [4.69, 9.17) is 5.11 Å². The van der Waals surface area contributed by atoms with Crippen molar-refractivity contribution in [1.82, 2.24) is 4.31 Å². The molecular formula is C10H17F2NO4S. The monoisotopic (exact) mass is 285 g/mol. The first-order chi connectivity index (χ1) is 8.08. The van der Waals surface area contributed by atoms with E-state index in [1.807, 2.05) is 0 Å². The van der Waals surface area contributed by atoms with Crippen LogP contribution in [0, 0.1) is 5.92 Å². The SMILES string of the molecule is CC(C(=O)O)N(C)S(=O)(=O)CC1CCCC1(F)F. The van der Waals surface area contributed by atoms with Crippen LogP contribution in [0.15, 0.2) is 0 Å². The van der Waals surface area contributed by atoms with Crippen molar-refractivity contribution in [2.45, 2.75) is 38.2 Å². The Hall–Kier alpha value is -0.760. The van der Waals surface area contributed by atoms with Crippen molar-refractivity contribution in [3.05, 3.63) is 0 Å². The normalized spacial score (nSPS) is 25.3. The van der Waals surface area contributed by atoms with Crippen LogP contribution in [0.25, 0.3) is 0 Å². The number of carboxylic acids is 1. The zero-order valence-electron chi connectivity index (χ0n) is 10.3. The Morgan fingerprint density at radius 2 is 2.11 bits per heavy atom. The highest BCUT2D eigenvalue weighted by Gasteiger charge is 2.46. The van der Waals surface area contributed by atoms with Gasteiger partial charge in [0.25, 0.3) is 5.92 Å². The molecule has 5 nitrogen and oxygen atoms in total. The molecule has 1 aliphatic rings. The fourth-order valence-corrected chi connectivity index (χ4v) is 3.70. The van der Waals surface area contributed by atoms with Crippen molar-refractivity contribution in [2.75, 3.05) is 12.8 Å². The topological polar surface area (TPSA) is 74.7 Å². The molecule has 0 radical (unpaired) electrons. The van der Waals surface area contributed by atoms with Gasteiger partial charge in [0, 0.05) is 19.4 Å². The number of alkyl halides is 2. The molecule has 1 rings (SSSR count). The van der Waals surface area contributed by atoms with Crippen molar-refractivity contribution >= 4 is 16.0 Å². The quantitative estimate of drug-likeness (QED) is 0.822. The smallest absolute Gasteiger partial charge is 0.321 e. The van der Waals surface area contributed by atoms with Crippen LogP contribution in [-0.2, 0) is 14.8 Å². The van der Waals surface area contributed by atoms with Crippen LogP contribution in [-0.4, -0.2) is 48.6 Å². The Balaban J connectivity index is 2.79. The third kappa shape index (κ3) is 3.17. The van der Waals surface area contributed by atoms with Crippen LogP contribution in [0.5, 0.6) is 0 Å². The molecule has 8 heteroatoms. The lowest BCUT2D eigenvalue weighted by Crippen LogP contribution is -2.43. The van der Waals surface area contributed by atoms with Crippen LogP contribution in [0.4, 0.5) is 8.78 Å². The van der Waals surface area contributed by atoms with Crippen LogP contribution in [0.1, 0.15) is 26.2 Å². The van der Waals surface area contributed by atoms with Gasteiger partial charge < -0.3 is 5.11 Å². The molecule has 0 spiro atoms. The number of hydrogen-bond acceptors (Lipinski definition) is 3. The molecule has 2 unspecified atom stereocenters. The van der Waals surface area contributed by atoms with E-state index in [0.29, 0.717) is 10.7 Å². The number of nitrogens with zero attached hydrogens (tertiary/aromatic N) is 1. The minimum absolute atomic E-state index is 0.154. The van der Waals surface area contributed by atoms with Crippen molar-refractivity contribution < 1.29 is 27.1 Å². The highest BCUT2D eigenvalue weighted by Crippen LogP contribution is 2.41. The van der Waals surface area contributed by atoms with Gasteiger partial charge >= 0.3 is 5.97 Å². The molecule has 0 aromatic heterocycles. The first-order valence-corrected chi connectivity index (χ1v) is 7.25. The summed E-state index contributed by atoms with van der Waals surface area (Å²) in [7, 11) is -2.89. The second kappa shape index (κ2) is 5.08. The van der Waals surface area contributed by atoms with Gasteiger partial charge in [-0.15, -0.1) is 0 Å². The lowest BCUT2D eigenvalue weighted by atomic mass is 10.1. The number of rotatable bonds is 5. The van der Waals surface area contributed by atoms with Crippen molar-refractivity contribution in [2.24, 2.45) is 5.92 Å². The van der Waals surface area contributed by atoms with Crippen LogP contribution in [0.2, 0.25) is 0 Å². The summed E-state index contributed by atoms with van der Waals surface area (Å²) in [5.74, 6) is -6.20. The zero-order chi connectivity index (χ0) is 14.1. The Kier molecular flexibility index (Phi) is 4.32. The second-order valence-electron chi connectivity index (χ2n) is 4.66. The van der Waals surface area contributed by atoms with Gasteiger partial charge in [-0.2, -0.15) is 4.31 Å². The van der Waals surface area contributed by atoms with Crippen LogP contribution < -0.4 is 0 Å². The number of carboxylic acid groups (broad SMARTS) is 1. The van der Waals surface area contributed by atoms with Gasteiger partial charge in [-0.1, -0.05) is 0 Å². The number of hydrogen-bond donors (Lipinski definition) is 1. The highest BCUT2D eigenvalue weighted by molar-refractivity contribution is 7.89. The third-order valence-corrected chi connectivity index (χ3v) is 5.43. The highest BCUT2D eigenvalue weighted by atomic mass is 32.2. The van der Waals surface area contributed by atoms with E-state index >= 15 is 0 Å². The molecule has 18 heavy (non-hydrogen) atoms. The van der Waals surface area contributed by atoms with E-state index in [0.717, 1.165) is 7.05 Å². The van der Waals surface area contributed by atoms with Gasteiger partial charge in [-0.05, 0) is 19.8 Å². The molecule has 1 saturated carbocycles. The van der Waals surface area contributed by atoms with Gasteiger partial charge in [-0.3, -0.25) is 4.79 Å². The van der Waals surface area contributed by atoms with E-state index in [-0.39, 0.29) is 12.8 Å². The summed E-state index contributed by atoms with van der Waals surface area (Å²) in [4.78, 5) is 10.7. The molecule has 0 aliphatic heterocycles. The van der Waals surface area contributed by atoms with Gasteiger partial charge in [0.1, 0.15) is 6.04 Å². The van der Waals surface area contributed by atoms with Gasteiger partial charge in [0.15, 0.2) is 0 Å². The summed E-state index contributed by atoms with van der Waals surface area (Å²) in [6, 6.07) is -1.26. The van der Waals surface area contributed by atoms with Crippen molar-refractivity contribution in [3.8, 4) is 0 Å². The minimum Gasteiger partial charge on any atom is -0.480 e. The zero-order valence-corrected chi connectivity index (χ0v) is 11.1. The maximum absolute atomic E-state index is 13.4. The number of likely N-dealkylation sites (N-methyl/N-ethyl adjacent to an activating group) is 1. The third-order valence-electron chi connectivity index (χ3n) is 3.41. The van der Waals surface area contributed by atoms with E-state index in [2.05, 4.69) is 0 Å². The van der Waals surface area contributed by atoms with E-state index < -0.39 is 39.6 Å². The number of halogens is 2. The molecular weight excluding hydrogens is 268 g/mol. The molecule has 106 valence electrons. The largest absolute Gasteiger partial charge is 0.480 e. The summed E-state index contributed by atoms with van der Waals surface area (Å²) in [5, 5.41) is 8.73. The Bertz CT molecular complexity index is 424. The minimum atomic E-state index is -3.99. The number of aliphatic carboxylic acids is 1. The average Bonchev–Trinajstić information content (AvgIpc) is 2.55. The average molecular weight is 285 g/mol. The molecule has 1 fully saturated rings. The van der Waals surface area contributed by atoms with Crippen LogP contribution >= 0.6 is 0 Å². The van der Waals surface area contributed by atoms with E-state index in [1.54, 1.807) is 0 Å². The lowest BCUT2D eigenvalue weighted by Gasteiger charge is -2.25. The molecule has 0 saturated heterocycles. The molecule has 0 amide bonds. The lowest BCUT2D eigenvalue weighted by molar-refractivity contribution is -0.140. The molecule has 2 atom stereocenters. The van der Waals surface area contributed by atoms with E-state index in [1.165, 1.54) is 6.92 Å². The second-order valence-corrected chi connectivity index (χ2v) is 6.73. The van der Waals surface area contributed by atoms with Gasteiger partial charge in [0.05, 0.1) is 5.75 Å². The fourth-order valence-electron chi connectivity index (χ4n) is 1.97. The number of sulfonamides is 1. The standard InChI is InChI=1S/C10H17F2NO4S/c1-7(9(14)15)13(2)18(16,17)6-8-4-3-5-10(8,11)12/h7-8H,3-6H2,1-2H3,(H,14,15). The summed E-state index contributed by atoms with van der Waals surface area (Å²) in [6.45, 7) is 1.20. The predicted molar refractivity (Wildman–Crippen MR) is 60.9 cm³/mol.